The average molecular weight is 442 g/mol. The summed E-state index contributed by atoms with van der Waals surface area (Å²) in [6, 6.07) is 11.7. The van der Waals surface area contributed by atoms with Gasteiger partial charge in [-0.15, -0.1) is 0 Å². The average Bonchev–Trinajstić information content (AvgIpc) is 3.23. The van der Waals surface area contributed by atoms with Crippen molar-refractivity contribution >= 4 is 28.5 Å². The van der Waals surface area contributed by atoms with Gasteiger partial charge in [0.1, 0.15) is 5.58 Å². The molecule has 166 valence electrons. The van der Waals surface area contributed by atoms with Crippen molar-refractivity contribution < 1.29 is 14.3 Å². The number of carbonyl (C=O) groups is 1. The molecule has 8 nitrogen and oxygen atoms in total. The second kappa shape index (κ2) is 8.05. The highest BCUT2D eigenvalue weighted by atomic mass is 16.4. The van der Waals surface area contributed by atoms with Crippen LogP contribution >= 0.6 is 0 Å². The summed E-state index contributed by atoms with van der Waals surface area (Å²) in [6.45, 7) is 4.86. The Hall–Kier alpha value is -4.20. The molecule has 8 heteroatoms. The molecule has 4 aromatic rings. The first kappa shape index (κ1) is 20.7. The second-order valence-corrected chi connectivity index (χ2v) is 8.20. The van der Waals surface area contributed by atoms with Crippen LogP contribution in [-0.2, 0) is 13.1 Å². The number of fused-ring (bicyclic) bond motifs is 2. The van der Waals surface area contributed by atoms with Crippen LogP contribution in [0.1, 0.15) is 45.8 Å². The van der Waals surface area contributed by atoms with Crippen molar-refractivity contribution in [3.8, 4) is 0 Å². The summed E-state index contributed by atoms with van der Waals surface area (Å²) in [4.78, 5) is 35.3. The highest BCUT2D eigenvalue weighted by Gasteiger charge is 2.25. The fraction of sp³-hybridized carbons (Fsp3) is 0.200. The molecule has 0 bridgehead atoms. The maximum absolute atomic E-state index is 13.0. The molecule has 0 spiro atoms. The van der Waals surface area contributed by atoms with Gasteiger partial charge in [0.25, 0.3) is 0 Å². The third kappa shape index (κ3) is 3.80. The van der Waals surface area contributed by atoms with Crippen molar-refractivity contribution in [1.82, 2.24) is 9.97 Å². The molecule has 0 radical (unpaired) electrons. The van der Waals surface area contributed by atoms with Crippen molar-refractivity contribution in [2.75, 3.05) is 10.2 Å². The highest BCUT2D eigenvalue weighted by molar-refractivity contribution is 5.94. The molecule has 0 saturated heterocycles. The summed E-state index contributed by atoms with van der Waals surface area (Å²) in [5, 5.41) is 13.3. The van der Waals surface area contributed by atoms with Gasteiger partial charge < -0.3 is 19.7 Å². The van der Waals surface area contributed by atoms with E-state index >= 15 is 0 Å². The normalized spacial score (nSPS) is 13.7. The van der Waals surface area contributed by atoms with Crippen LogP contribution in [0.4, 0.5) is 11.6 Å². The molecule has 0 saturated carbocycles. The lowest BCUT2D eigenvalue weighted by molar-refractivity contribution is 0.0698. The Morgan fingerprint density at radius 1 is 1.12 bits per heavy atom. The van der Waals surface area contributed by atoms with E-state index in [4.69, 9.17) is 4.42 Å². The lowest BCUT2D eigenvalue weighted by atomic mass is 10.0. The van der Waals surface area contributed by atoms with Gasteiger partial charge in [0, 0.05) is 29.7 Å². The van der Waals surface area contributed by atoms with Crippen LogP contribution in [0.5, 0.6) is 0 Å². The number of nitrogens with one attached hydrogen (secondary N) is 1. The van der Waals surface area contributed by atoms with E-state index in [1.165, 1.54) is 6.07 Å². The van der Waals surface area contributed by atoms with Crippen LogP contribution in [0.15, 0.2) is 64.1 Å². The SMILES string of the molecule is Cc1cc(C(C)Nc2ccccc2C(=O)O)c2oc(N3Cc4nccnc4C3)cc(=O)c2c1. The van der Waals surface area contributed by atoms with Gasteiger partial charge in [-0.2, -0.15) is 0 Å². The Kier molecular flexibility index (Phi) is 5.05. The number of hydrogen-bond acceptors (Lipinski definition) is 7. The molecule has 1 unspecified atom stereocenters. The molecule has 1 atom stereocenters. The molecule has 5 rings (SSSR count). The molecule has 0 fully saturated rings. The summed E-state index contributed by atoms with van der Waals surface area (Å²) >= 11 is 0. The van der Waals surface area contributed by atoms with Gasteiger partial charge in [-0.25, -0.2) is 4.79 Å². The smallest absolute Gasteiger partial charge is 0.337 e. The zero-order chi connectivity index (χ0) is 23.1. The van der Waals surface area contributed by atoms with Gasteiger partial charge in [0.15, 0.2) is 5.43 Å². The number of anilines is 2. The van der Waals surface area contributed by atoms with Crippen molar-refractivity contribution in [2.24, 2.45) is 0 Å². The quantitative estimate of drug-likeness (QED) is 0.471. The molecule has 1 aliphatic heterocycles. The minimum Gasteiger partial charge on any atom is -0.478 e. The fourth-order valence-corrected chi connectivity index (χ4v) is 4.24. The number of aromatic carboxylic acids is 1. The Bertz CT molecular complexity index is 1420. The maximum atomic E-state index is 13.0. The van der Waals surface area contributed by atoms with Gasteiger partial charge in [-0.05, 0) is 37.6 Å². The van der Waals surface area contributed by atoms with Crippen LogP contribution < -0.4 is 15.6 Å². The first-order valence-corrected chi connectivity index (χ1v) is 10.6. The Morgan fingerprint density at radius 3 is 2.52 bits per heavy atom. The zero-order valence-electron chi connectivity index (χ0n) is 18.2. The van der Waals surface area contributed by atoms with Crippen molar-refractivity contribution in [1.29, 1.82) is 0 Å². The monoisotopic (exact) mass is 442 g/mol. The van der Waals surface area contributed by atoms with Gasteiger partial charge in [-0.1, -0.05) is 18.2 Å². The van der Waals surface area contributed by atoms with Crippen LogP contribution in [0.2, 0.25) is 0 Å². The van der Waals surface area contributed by atoms with Gasteiger partial charge in [0.05, 0.1) is 41.5 Å². The second-order valence-electron chi connectivity index (χ2n) is 8.20. The molecular formula is C25H22N4O4. The van der Waals surface area contributed by atoms with E-state index in [2.05, 4.69) is 15.3 Å². The van der Waals surface area contributed by atoms with Crippen molar-refractivity contribution in [3.63, 3.8) is 0 Å². The summed E-state index contributed by atoms with van der Waals surface area (Å²) in [5.74, 6) is -0.556. The number of para-hydroxylation sites is 1. The summed E-state index contributed by atoms with van der Waals surface area (Å²) in [7, 11) is 0. The van der Waals surface area contributed by atoms with Crippen LogP contribution in [0.25, 0.3) is 11.0 Å². The standard InChI is InChI=1S/C25H22N4O4/c1-14-9-17(15(2)28-19-6-4-3-5-16(19)25(31)32)24-18(10-14)22(30)11-23(33-24)29-12-20-21(13-29)27-8-7-26-20/h3-11,15,28H,12-13H2,1-2H3,(H,31,32). The van der Waals surface area contributed by atoms with Gasteiger partial charge >= 0.3 is 5.97 Å². The molecule has 1 aliphatic rings. The maximum Gasteiger partial charge on any atom is 0.337 e. The lowest BCUT2D eigenvalue weighted by Crippen LogP contribution is -2.18. The number of aromatic nitrogens is 2. The minimum absolute atomic E-state index is 0.133. The molecule has 3 heterocycles. The first-order valence-electron chi connectivity index (χ1n) is 10.6. The molecule has 33 heavy (non-hydrogen) atoms. The van der Waals surface area contributed by atoms with Crippen molar-refractivity contribution in [2.45, 2.75) is 33.0 Å². The van der Waals surface area contributed by atoms with Crippen LogP contribution in [0.3, 0.4) is 0 Å². The van der Waals surface area contributed by atoms with E-state index in [1.54, 1.807) is 36.7 Å². The van der Waals surface area contributed by atoms with E-state index < -0.39 is 5.97 Å². The Labute approximate surface area is 189 Å². The summed E-state index contributed by atoms with van der Waals surface area (Å²) in [6.07, 6.45) is 3.31. The Balaban J connectivity index is 1.57. The molecule has 0 aliphatic carbocycles. The largest absolute Gasteiger partial charge is 0.478 e. The zero-order valence-corrected chi connectivity index (χ0v) is 18.2. The number of nitrogens with zero attached hydrogens (tertiary/aromatic N) is 3. The van der Waals surface area contributed by atoms with Gasteiger partial charge in [-0.3, -0.25) is 14.8 Å². The summed E-state index contributed by atoms with van der Waals surface area (Å²) < 4.78 is 6.29. The van der Waals surface area contributed by atoms with E-state index in [9.17, 15) is 14.7 Å². The van der Waals surface area contributed by atoms with Crippen molar-refractivity contribution in [3.05, 3.63) is 93.2 Å². The predicted octanol–water partition coefficient (Wildman–Crippen LogP) is 4.28. The van der Waals surface area contributed by atoms with Crippen LogP contribution in [-0.4, -0.2) is 21.0 Å². The molecular weight excluding hydrogens is 420 g/mol. The molecule has 0 amide bonds. The number of benzene rings is 2. The third-order valence-electron chi connectivity index (χ3n) is 5.84. The van der Waals surface area contributed by atoms with E-state index in [0.717, 1.165) is 22.5 Å². The van der Waals surface area contributed by atoms with Crippen LogP contribution in [0, 0.1) is 6.92 Å². The number of carboxylic acid groups (broad SMARTS) is 1. The fourth-order valence-electron chi connectivity index (χ4n) is 4.24. The van der Waals surface area contributed by atoms with E-state index in [0.29, 0.717) is 35.6 Å². The molecule has 2 aromatic carbocycles. The van der Waals surface area contributed by atoms with Gasteiger partial charge in [0.2, 0.25) is 5.88 Å². The Morgan fingerprint density at radius 2 is 1.82 bits per heavy atom. The number of hydrogen-bond donors (Lipinski definition) is 2. The molecule has 2 N–H and O–H groups in total. The topological polar surface area (TPSA) is 109 Å². The number of rotatable bonds is 5. The molecule has 2 aromatic heterocycles. The summed E-state index contributed by atoms with van der Waals surface area (Å²) in [5.41, 5.74) is 4.45. The highest BCUT2D eigenvalue weighted by Crippen LogP contribution is 2.32. The first-order chi connectivity index (χ1) is 15.9. The third-order valence-corrected chi connectivity index (χ3v) is 5.84. The minimum atomic E-state index is -1.01. The number of carboxylic acids is 1. The number of aryl methyl sites for hydroxylation is 1. The van der Waals surface area contributed by atoms with E-state index in [1.807, 2.05) is 30.9 Å². The predicted molar refractivity (Wildman–Crippen MR) is 125 cm³/mol. The van der Waals surface area contributed by atoms with E-state index in [-0.39, 0.29) is 17.0 Å². The lowest BCUT2D eigenvalue weighted by Gasteiger charge is -2.21.